The molecule has 3 heterocycles. The lowest BCUT2D eigenvalue weighted by atomic mass is 10.1. The number of ether oxygens (including phenoxy) is 1. The second-order valence-electron chi connectivity index (χ2n) is 6.66. The van der Waals surface area contributed by atoms with Crippen molar-refractivity contribution in [3.05, 3.63) is 47.3 Å². The van der Waals surface area contributed by atoms with Crippen LogP contribution in [0.5, 0.6) is 5.75 Å². The normalized spacial score (nSPS) is 15.0. The molecule has 0 bridgehead atoms. The van der Waals surface area contributed by atoms with Gasteiger partial charge >= 0.3 is 0 Å². The van der Waals surface area contributed by atoms with Crippen LogP contribution >= 0.6 is 0 Å². The van der Waals surface area contributed by atoms with Gasteiger partial charge < -0.3 is 15.8 Å². The van der Waals surface area contributed by atoms with Crippen LogP contribution < -0.4 is 15.8 Å². The lowest BCUT2D eigenvalue weighted by Gasteiger charge is -2.16. The standard InChI is InChI=1S/C19H18N4O4S/c1-10-17-12(8-16(22-10)28(2,25)26)18(13(9-21-17)19(20)24)23-14-4-3-5-15-11(14)6-7-27-15/h3-5,8-9H,6-7H2,1-2H3,(H3-,20,21,23,24,25,26)/p+1. The Kier molecular flexibility index (Phi) is 4.28. The zero-order valence-corrected chi connectivity index (χ0v) is 16.2. The summed E-state index contributed by atoms with van der Waals surface area (Å²) in [5.74, 6) is 0.132. The molecule has 1 aromatic carbocycles. The van der Waals surface area contributed by atoms with E-state index >= 15 is 0 Å². The molecule has 0 spiro atoms. The van der Waals surface area contributed by atoms with Gasteiger partial charge in [-0.1, -0.05) is 10.3 Å². The smallest absolute Gasteiger partial charge is 0.282 e. The highest BCUT2D eigenvalue weighted by atomic mass is 32.3. The molecule has 3 aromatic rings. The van der Waals surface area contributed by atoms with Crippen molar-refractivity contribution < 1.29 is 18.3 Å². The van der Waals surface area contributed by atoms with E-state index in [1.165, 1.54) is 18.5 Å². The summed E-state index contributed by atoms with van der Waals surface area (Å²) in [6, 6.07) is 7.10. The number of nitrogens with one attached hydrogen (secondary N) is 1. The quantitative estimate of drug-likeness (QED) is 0.576. The second-order valence-corrected chi connectivity index (χ2v) is 8.68. The molecule has 1 unspecified atom stereocenters. The molecule has 4 rings (SSSR count). The lowest BCUT2D eigenvalue weighted by molar-refractivity contribution is 0.100. The lowest BCUT2D eigenvalue weighted by Crippen LogP contribution is -2.15. The van der Waals surface area contributed by atoms with Crippen molar-refractivity contribution in [2.75, 3.05) is 18.2 Å². The van der Waals surface area contributed by atoms with Crippen LogP contribution in [0.3, 0.4) is 0 Å². The average molecular weight is 399 g/mol. The Morgan fingerprint density at radius 2 is 2.18 bits per heavy atom. The number of rotatable bonds is 4. The SMILES string of the molecule is Cc1nc([S+](C)(=O)O)cc2c(Nc3cccc4c3CCO4)c(C(N)=O)cnc12. The maximum Gasteiger partial charge on any atom is 0.282 e. The van der Waals surface area contributed by atoms with E-state index in [0.29, 0.717) is 28.9 Å². The molecule has 0 aliphatic carbocycles. The van der Waals surface area contributed by atoms with Gasteiger partial charge in [0.15, 0.2) is 0 Å². The first-order valence-electron chi connectivity index (χ1n) is 8.59. The summed E-state index contributed by atoms with van der Waals surface area (Å²) in [5, 5.41) is 3.80. The molecule has 144 valence electrons. The Bertz CT molecular complexity index is 1170. The average Bonchev–Trinajstić information content (AvgIpc) is 3.10. The molecular formula is C19H19N4O4S+. The van der Waals surface area contributed by atoms with E-state index in [0.717, 1.165) is 23.4 Å². The molecular weight excluding hydrogens is 380 g/mol. The molecule has 1 aliphatic rings. The molecule has 0 saturated heterocycles. The Labute approximate surface area is 162 Å². The fraction of sp³-hybridized carbons (Fsp3) is 0.211. The summed E-state index contributed by atoms with van der Waals surface area (Å²) >= 11 is 0. The molecule has 9 heteroatoms. The predicted octanol–water partition coefficient (Wildman–Crippen LogP) is 2.68. The fourth-order valence-electron chi connectivity index (χ4n) is 3.32. The van der Waals surface area contributed by atoms with Gasteiger partial charge in [0.05, 0.1) is 29.1 Å². The zero-order chi connectivity index (χ0) is 20.1. The highest BCUT2D eigenvalue weighted by molar-refractivity contribution is 7.97. The number of pyridine rings is 2. The van der Waals surface area contributed by atoms with Crippen LogP contribution in [0, 0.1) is 6.92 Å². The minimum absolute atomic E-state index is 0.0191. The molecule has 0 saturated carbocycles. The van der Waals surface area contributed by atoms with Crippen molar-refractivity contribution in [3.8, 4) is 5.75 Å². The number of fused-ring (bicyclic) bond motifs is 2. The molecule has 28 heavy (non-hydrogen) atoms. The second kappa shape index (κ2) is 6.54. The Hall–Kier alpha value is -3.04. The highest BCUT2D eigenvalue weighted by Gasteiger charge is 2.27. The van der Waals surface area contributed by atoms with Gasteiger partial charge in [0, 0.05) is 35.3 Å². The summed E-state index contributed by atoms with van der Waals surface area (Å²) in [4.78, 5) is 20.6. The third-order valence-corrected chi connectivity index (χ3v) is 5.65. The number of amides is 1. The first kappa shape index (κ1) is 18.3. The molecule has 8 nitrogen and oxygen atoms in total. The van der Waals surface area contributed by atoms with Crippen molar-refractivity contribution in [2.24, 2.45) is 5.73 Å². The number of primary amides is 1. The van der Waals surface area contributed by atoms with Gasteiger partial charge in [-0.2, -0.15) is 4.55 Å². The summed E-state index contributed by atoms with van der Waals surface area (Å²) < 4.78 is 27.7. The third kappa shape index (κ3) is 3.08. The summed E-state index contributed by atoms with van der Waals surface area (Å²) in [6.07, 6.45) is 3.32. The van der Waals surface area contributed by atoms with Crippen LogP contribution in [0.15, 0.2) is 35.5 Å². The molecule has 1 aliphatic heterocycles. The Morgan fingerprint density at radius 1 is 1.39 bits per heavy atom. The number of hydrogen-bond donors (Lipinski definition) is 3. The van der Waals surface area contributed by atoms with Crippen molar-refractivity contribution in [1.82, 2.24) is 9.97 Å². The number of aryl methyl sites for hydroxylation is 1. The maximum absolute atomic E-state index is 12.2. The van der Waals surface area contributed by atoms with Crippen LogP contribution in [0.25, 0.3) is 10.9 Å². The van der Waals surface area contributed by atoms with Crippen molar-refractivity contribution in [3.63, 3.8) is 0 Å². The number of benzene rings is 1. The van der Waals surface area contributed by atoms with E-state index in [1.807, 2.05) is 18.2 Å². The highest BCUT2D eigenvalue weighted by Crippen LogP contribution is 2.37. The minimum atomic E-state index is -3.30. The maximum atomic E-state index is 12.2. The number of carbonyl (C=O) groups is 1. The number of hydrogen-bond acceptors (Lipinski definition) is 6. The van der Waals surface area contributed by atoms with Crippen molar-refractivity contribution in [2.45, 2.75) is 18.4 Å². The first-order valence-corrected chi connectivity index (χ1v) is 10.5. The Balaban J connectivity index is 1.98. The van der Waals surface area contributed by atoms with Gasteiger partial charge in [-0.3, -0.25) is 9.78 Å². The number of carbonyl (C=O) groups excluding carboxylic acids is 1. The van der Waals surface area contributed by atoms with Gasteiger partial charge in [-0.15, -0.1) is 0 Å². The predicted molar refractivity (Wildman–Crippen MR) is 107 cm³/mol. The van der Waals surface area contributed by atoms with Crippen LogP contribution in [0.4, 0.5) is 11.4 Å². The number of nitrogens with two attached hydrogens (primary N) is 1. The Morgan fingerprint density at radius 3 is 2.89 bits per heavy atom. The summed E-state index contributed by atoms with van der Waals surface area (Å²) in [5.41, 5.74) is 8.95. The van der Waals surface area contributed by atoms with Gasteiger partial charge in [-0.25, -0.2) is 4.98 Å². The van der Waals surface area contributed by atoms with Crippen molar-refractivity contribution >= 4 is 38.4 Å². The van der Waals surface area contributed by atoms with Crippen molar-refractivity contribution in [1.29, 1.82) is 0 Å². The van der Waals surface area contributed by atoms with E-state index in [2.05, 4.69) is 15.3 Å². The van der Waals surface area contributed by atoms with Crippen LogP contribution in [0.1, 0.15) is 21.6 Å². The minimum Gasteiger partial charge on any atom is -0.493 e. The number of nitrogens with zero attached hydrogens (tertiary/aromatic N) is 2. The summed E-state index contributed by atoms with van der Waals surface area (Å²) in [6.45, 7) is 2.29. The fourth-order valence-corrected chi connectivity index (χ4v) is 3.96. The monoisotopic (exact) mass is 399 g/mol. The zero-order valence-electron chi connectivity index (χ0n) is 15.4. The molecule has 1 amide bonds. The number of aromatic nitrogens is 2. The molecule has 0 radical (unpaired) electrons. The third-order valence-electron chi connectivity index (χ3n) is 4.66. The van der Waals surface area contributed by atoms with Crippen LogP contribution in [-0.4, -0.2) is 33.3 Å². The van der Waals surface area contributed by atoms with Gasteiger partial charge in [-0.05, 0) is 19.1 Å². The van der Waals surface area contributed by atoms with E-state index in [-0.39, 0.29) is 10.6 Å². The van der Waals surface area contributed by atoms with Crippen LogP contribution in [-0.2, 0) is 20.8 Å². The first-order chi connectivity index (χ1) is 13.3. The van der Waals surface area contributed by atoms with Crippen LogP contribution in [0.2, 0.25) is 0 Å². The topological polar surface area (TPSA) is 127 Å². The van der Waals surface area contributed by atoms with E-state index in [1.54, 1.807) is 6.92 Å². The molecule has 4 N–H and O–H groups in total. The number of anilines is 2. The van der Waals surface area contributed by atoms with Gasteiger partial charge in [0.1, 0.15) is 12.0 Å². The largest absolute Gasteiger partial charge is 0.493 e. The summed E-state index contributed by atoms with van der Waals surface area (Å²) in [7, 11) is -3.30. The van der Waals surface area contributed by atoms with E-state index < -0.39 is 16.1 Å². The van der Waals surface area contributed by atoms with E-state index in [9.17, 15) is 13.6 Å². The van der Waals surface area contributed by atoms with E-state index in [4.69, 9.17) is 10.5 Å². The van der Waals surface area contributed by atoms with Gasteiger partial charge in [0.25, 0.3) is 21.1 Å². The van der Waals surface area contributed by atoms with Gasteiger partial charge in [0.2, 0.25) is 0 Å². The molecule has 0 fully saturated rings. The molecule has 1 atom stereocenters. The molecule has 2 aromatic heterocycles.